The van der Waals surface area contributed by atoms with Gasteiger partial charge < -0.3 is 4.74 Å². The highest BCUT2D eigenvalue weighted by Gasteiger charge is 2.21. The number of nitrogens with one attached hydrogen (secondary N) is 1. The zero-order chi connectivity index (χ0) is 14.8. The van der Waals surface area contributed by atoms with Crippen molar-refractivity contribution < 1.29 is 4.74 Å². The molecule has 1 N–H and O–H groups in total. The van der Waals surface area contributed by atoms with Crippen molar-refractivity contribution in [2.24, 2.45) is 0 Å². The van der Waals surface area contributed by atoms with Gasteiger partial charge in [-0.3, -0.25) is 14.5 Å². The number of nitrogens with zero attached hydrogens (tertiary/aromatic N) is 4. The Labute approximate surface area is 130 Å². The van der Waals surface area contributed by atoms with Crippen molar-refractivity contribution in [1.29, 1.82) is 0 Å². The minimum atomic E-state index is -0.150. The molecule has 0 bridgehead atoms. The van der Waals surface area contributed by atoms with Crippen molar-refractivity contribution in [2.45, 2.75) is 19.4 Å². The molecular formula is C13H18BrN5O2. The van der Waals surface area contributed by atoms with E-state index in [1.54, 1.807) is 10.8 Å². The molecule has 2 aromatic heterocycles. The number of hydrogen-bond donors (Lipinski definition) is 1. The van der Waals surface area contributed by atoms with Gasteiger partial charge in [0.05, 0.1) is 25.5 Å². The summed E-state index contributed by atoms with van der Waals surface area (Å²) in [6, 6.07) is 0.0768. The number of ether oxygens (including phenoxy) is 1. The zero-order valence-corrected chi connectivity index (χ0v) is 13.5. The van der Waals surface area contributed by atoms with Crippen LogP contribution in [0.2, 0.25) is 0 Å². The lowest BCUT2D eigenvalue weighted by Gasteiger charge is -2.30. The molecule has 1 unspecified atom stereocenters. The molecule has 2 aromatic rings. The molecule has 1 fully saturated rings. The lowest BCUT2D eigenvalue weighted by atomic mass is 10.2. The van der Waals surface area contributed by atoms with Gasteiger partial charge in [0, 0.05) is 19.6 Å². The zero-order valence-electron chi connectivity index (χ0n) is 11.9. The van der Waals surface area contributed by atoms with E-state index >= 15 is 0 Å². The second kappa shape index (κ2) is 6.25. The van der Waals surface area contributed by atoms with Gasteiger partial charge in [-0.1, -0.05) is 6.92 Å². The number of H-pyrrole nitrogens is 1. The van der Waals surface area contributed by atoms with Crippen molar-refractivity contribution >= 4 is 27.2 Å². The molecule has 0 spiro atoms. The van der Waals surface area contributed by atoms with Crippen LogP contribution in [0.1, 0.15) is 19.4 Å². The number of fused-ring (bicyclic) bond motifs is 1. The molecule has 21 heavy (non-hydrogen) atoms. The summed E-state index contributed by atoms with van der Waals surface area (Å²) in [5.41, 5.74) is 0.987. The van der Waals surface area contributed by atoms with E-state index in [9.17, 15) is 4.79 Å². The Morgan fingerprint density at radius 1 is 1.48 bits per heavy atom. The smallest absolute Gasteiger partial charge is 0.329 e. The maximum atomic E-state index is 12.3. The summed E-state index contributed by atoms with van der Waals surface area (Å²) in [6.07, 6.45) is 2.45. The number of aromatic amines is 1. The van der Waals surface area contributed by atoms with Crippen molar-refractivity contribution in [3.05, 3.63) is 21.3 Å². The predicted molar refractivity (Wildman–Crippen MR) is 82.4 cm³/mol. The summed E-state index contributed by atoms with van der Waals surface area (Å²) < 4.78 is 7.72. The van der Waals surface area contributed by atoms with E-state index in [0.717, 1.165) is 39.3 Å². The monoisotopic (exact) mass is 355 g/mol. The van der Waals surface area contributed by atoms with Gasteiger partial charge in [-0.25, -0.2) is 14.8 Å². The second-order valence-corrected chi connectivity index (χ2v) is 5.95. The summed E-state index contributed by atoms with van der Waals surface area (Å²) in [7, 11) is 0. The second-order valence-electron chi connectivity index (χ2n) is 5.14. The van der Waals surface area contributed by atoms with Gasteiger partial charge in [0.2, 0.25) is 0 Å². The van der Waals surface area contributed by atoms with E-state index in [0.29, 0.717) is 15.9 Å². The van der Waals surface area contributed by atoms with E-state index in [1.165, 1.54) is 0 Å². The van der Waals surface area contributed by atoms with Crippen LogP contribution in [0.25, 0.3) is 11.3 Å². The maximum Gasteiger partial charge on any atom is 0.329 e. The number of aromatic nitrogens is 4. The van der Waals surface area contributed by atoms with Crippen molar-refractivity contribution in [1.82, 2.24) is 24.4 Å². The van der Waals surface area contributed by atoms with Crippen LogP contribution in [0.15, 0.2) is 15.6 Å². The minimum Gasteiger partial charge on any atom is -0.379 e. The molecule has 7 nitrogen and oxygen atoms in total. The molecule has 1 atom stereocenters. The molecule has 0 aromatic carbocycles. The number of imidazole rings is 1. The van der Waals surface area contributed by atoms with E-state index in [1.807, 2.05) is 0 Å². The highest BCUT2D eigenvalue weighted by atomic mass is 79.9. The van der Waals surface area contributed by atoms with E-state index < -0.39 is 0 Å². The normalized spacial score (nSPS) is 18.2. The van der Waals surface area contributed by atoms with Crippen LogP contribution in [0.3, 0.4) is 0 Å². The minimum absolute atomic E-state index is 0.0768. The molecule has 114 valence electrons. The Morgan fingerprint density at radius 3 is 2.95 bits per heavy atom. The first-order chi connectivity index (χ1) is 10.2. The first kappa shape index (κ1) is 14.7. The first-order valence-electron chi connectivity index (χ1n) is 7.12. The largest absolute Gasteiger partial charge is 0.379 e. The molecule has 1 aliphatic rings. The Morgan fingerprint density at radius 2 is 2.24 bits per heavy atom. The molecule has 0 aliphatic carbocycles. The topological polar surface area (TPSA) is 76.0 Å². The average Bonchev–Trinajstić information content (AvgIpc) is 2.81. The SMILES string of the molecule is CCC(CN1CCOCC1)n1c(=O)[nH]c2ncc(Br)nc21. The standard InChI is InChI=1S/C13H18BrN5O2/c1-2-9(8-18-3-5-21-6-4-18)19-12-11(17-13(19)20)15-7-10(14)16-12/h7,9H,2-6,8H2,1H3,(H,15,17,20). The fourth-order valence-electron chi connectivity index (χ4n) is 2.69. The lowest BCUT2D eigenvalue weighted by Crippen LogP contribution is -2.41. The molecule has 0 amide bonds. The highest BCUT2D eigenvalue weighted by molar-refractivity contribution is 9.10. The van der Waals surface area contributed by atoms with Crippen LogP contribution in [0.5, 0.6) is 0 Å². The summed E-state index contributed by atoms with van der Waals surface area (Å²) >= 11 is 3.32. The first-order valence-corrected chi connectivity index (χ1v) is 7.91. The van der Waals surface area contributed by atoms with E-state index in [-0.39, 0.29) is 11.7 Å². The summed E-state index contributed by atoms with van der Waals surface area (Å²) in [4.78, 5) is 26.0. The Hall–Kier alpha value is -1.25. The van der Waals surface area contributed by atoms with Crippen LogP contribution >= 0.6 is 15.9 Å². The molecule has 1 aliphatic heterocycles. The highest BCUT2D eigenvalue weighted by Crippen LogP contribution is 2.18. The molecule has 0 radical (unpaired) electrons. The number of rotatable bonds is 4. The van der Waals surface area contributed by atoms with Crippen LogP contribution in [0.4, 0.5) is 0 Å². The summed E-state index contributed by atoms with van der Waals surface area (Å²) in [5, 5.41) is 0. The summed E-state index contributed by atoms with van der Waals surface area (Å²) in [6.45, 7) is 6.23. The van der Waals surface area contributed by atoms with Crippen LogP contribution in [-0.4, -0.2) is 57.3 Å². The Kier molecular flexibility index (Phi) is 4.37. The number of halogens is 1. The van der Waals surface area contributed by atoms with E-state index in [4.69, 9.17) is 4.74 Å². The fourth-order valence-corrected chi connectivity index (χ4v) is 2.96. The molecule has 0 saturated carbocycles. The molecular weight excluding hydrogens is 338 g/mol. The van der Waals surface area contributed by atoms with Crippen molar-refractivity contribution in [3.63, 3.8) is 0 Å². The van der Waals surface area contributed by atoms with Gasteiger partial charge in [-0.15, -0.1) is 0 Å². The molecule has 3 heterocycles. The van der Waals surface area contributed by atoms with Crippen LogP contribution in [-0.2, 0) is 4.74 Å². The third-order valence-corrected chi connectivity index (χ3v) is 4.19. The summed E-state index contributed by atoms with van der Waals surface area (Å²) in [5.74, 6) is 0. The van der Waals surface area contributed by atoms with Gasteiger partial charge in [-0.2, -0.15) is 0 Å². The van der Waals surface area contributed by atoms with Gasteiger partial charge in [0.1, 0.15) is 4.60 Å². The fraction of sp³-hybridized carbons (Fsp3) is 0.615. The Bertz CT molecular complexity index is 677. The van der Waals surface area contributed by atoms with E-state index in [2.05, 4.69) is 42.7 Å². The number of morpholine rings is 1. The van der Waals surface area contributed by atoms with Crippen LogP contribution < -0.4 is 5.69 Å². The van der Waals surface area contributed by atoms with Gasteiger partial charge in [-0.05, 0) is 22.4 Å². The Balaban J connectivity index is 1.94. The quantitative estimate of drug-likeness (QED) is 0.890. The predicted octanol–water partition coefficient (Wildman–Crippen LogP) is 1.17. The van der Waals surface area contributed by atoms with Gasteiger partial charge in [0.15, 0.2) is 11.3 Å². The molecule has 8 heteroatoms. The van der Waals surface area contributed by atoms with Gasteiger partial charge in [0.25, 0.3) is 0 Å². The lowest BCUT2D eigenvalue weighted by molar-refractivity contribution is 0.0312. The average molecular weight is 356 g/mol. The number of hydrogen-bond acceptors (Lipinski definition) is 5. The van der Waals surface area contributed by atoms with Gasteiger partial charge >= 0.3 is 5.69 Å². The maximum absolute atomic E-state index is 12.3. The molecule has 3 rings (SSSR count). The third kappa shape index (κ3) is 3.02. The van der Waals surface area contributed by atoms with Crippen LogP contribution in [0, 0.1) is 0 Å². The third-order valence-electron chi connectivity index (χ3n) is 3.81. The molecule has 1 saturated heterocycles. The van der Waals surface area contributed by atoms with Crippen molar-refractivity contribution in [2.75, 3.05) is 32.8 Å². The van der Waals surface area contributed by atoms with Crippen molar-refractivity contribution in [3.8, 4) is 0 Å².